The molecule has 0 radical (unpaired) electrons. The number of benzene rings is 1. The van der Waals surface area contributed by atoms with Crippen molar-refractivity contribution in [3.05, 3.63) is 35.4 Å². The molecule has 0 unspecified atom stereocenters. The molecule has 1 saturated carbocycles. The molecule has 1 fully saturated rings. The van der Waals surface area contributed by atoms with E-state index in [9.17, 15) is 9.90 Å². The van der Waals surface area contributed by atoms with E-state index in [0.717, 1.165) is 24.3 Å². The Bertz CT molecular complexity index is 390. The van der Waals surface area contributed by atoms with Crippen LogP contribution in [-0.2, 0) is 0 Å². The molecule has 0 spiro atoms. The van der Waals surface area contributed by atoms with E-state index in [-0.39, 0.29) is 0 Å². The molecule has 0 atom stereocenters. The number of carboxylic acids is 1. The van der Waals surface area contributed by atoms with Gasteiger partial charge in [-0.3, -0.25) is 0 Å². The third-order valence-electron chi connectivity index (χ3n) is 4.06. The van der Waals surface area contributed by atoms with Gasteiger partial charge in [0.1, 0.15) is 0 Å². The molecule has 0 aromatic heterocycles. The van der Waals surface area contributed by atoms with Gasteiger partial charge in [0, 0.05) is 0 Å². The Balaban J connectivity index is 2.15. The van der Waals surface area contributed by atoms with Crippen LogP contribution in [0.5, 0.6) is 0 Å². The first-order valence-corrected chi connectivity index (χ1v) is 6.54. The van der Waals surface area contributed by atoms with Gasteiger partial charge in [-0.05, 0) is 49.1 Å². The van der Waals surface area contributed by atoms with Crippen LogP contribution < -0.4 is 0 Å². The Morgan fingerprint density at radius 3 is 2.47 bits per heavy atom. The van der Waals surface area contributed by atoms with E-state index in [1.54, 1.807) is 6.07 Å². The molecule has 2 rings (SSSR count). The highest BCUT2D eigenvalue weighted by Crippen LogP contribution is 2.38. The predicted molar refractivity (Wildman–Crippen MR) is 68.4 cm³/mol. The van der Waals surface area contributed by atoms with Gasteiger partial charge in [0.2, 0.25) is 0 Å². The number of hydrogen-bond donors (Lipinski definition) is 1. The molecule has 2 heteroatoms. The molecule has 1 aliphatic rings. The topological polar surface area (TPSA) is 37.3 Å². The molecule has 1 aliphatic carbocycles. The Hall–Kier alpha value is -1.31. The second-order valence-corrected chi connectivity index (χ2v) is 5.02. The van der Waals surface area contributed by atoms with Gasteiger partial charge in [0.15, 0.2) is 0 Å². The highest BCUT2D eigenvalue weighted by atomic mass is 16.4. The van der Waals surface area contributed by atoms with Gasteiger partial charge in [-0.1, -0.05) is 31.5 Å². The molecule has 0 saturated heterocycles. The maximum atomic E-state index is 11.2. The molecule has 2 nitrogen and oxygen atoms in total. The minimum absolute atomic E-state index is 0.449. The summed E-state index contributed by atoms with van der Waals surface area (Å²) in [4.78, 5) is 11.2. The van der Waals surface area contributed by atoms with Crippen LogP contribution in [0.2, 0.25) is 0 Å². The third kappa shape index (κ3) is 2.68. The second-order valence-electron chi connectivity index (χ2n) is 5.02. The van der Waals surface area contributed by atoms with Gasteiger partial charge in [-0.2, -0.15) is 0 Å². The summed E-state index contributed by atoms with van der Waals surface area (Å²) in [6.07, 6.45) is 6.03. The fraction of sp³-hybridized carbons (Fsp3) is 0.533. The zero-order valence-corrected chi connectivity index (χ0v) is 10.4. The summed E-state index contributed by atoms with van der Waals surface area (Å²) >= 11 is 0. The van der Waals surface area contributed by atoms with Crippen molar-refractivity contribution in [2.45, 2.75) is 44.9 Å². The molecule has 92 valence electrons. The Kier molecular flexibility index (Phi) is 3.82. The first-order valence-electron chi connectivity index (χ1n) is 6.54. The molecular weight excluding hydrogens is 212 g/mol. The first kappa shape index (κ1) is 12.2. The summed E-state index contributed by atoms with van der Waals surface area (Å²) in [5.41, 5.74) is 1.53. The zero-order chi connectivity index (χ0) is 12.3. The SMILES string of the molecule is CC[C@H]1CC[C@H](c2ccccc2C(=O)O)CC1. The van der Waals surface area contributed by atoms with E-state index >= 15 is 0 Å². The van der Waals surface area contributed by atoms with Crippen LogP contribution in [0.1, 0.15) is 60.9 Å². The van der Waals surface area contributed by atoms with Crippen LogP contribution in [0.4, 0.5) is 0 Å². The van der Waals surface area contributed by atoms with Crippen LogP contribution in [0.15, 0.2) is 24.3 Å². The zero-order valence-electron chi connectivity index (χ0n) is 10.4. The summed E-state index contributed by atoms with van der Waals surface area (Å²) in [6.45, 7) is 2.25. The molecule has 0 bridgehead atoms. The number of carboxylic acid groups (broad SMARTS) is 1. The first-order chi connectivity index (χ1) is 8.22. The van der Waals surface area contributed by atoms with E-state index in [0.29, 0.717) is 11.5 Å². The highest BCUT2D eigenvalue weighted by Gasteiger charge is 2.24. The molecule has 17 heavy (non-hydrogen) atoms. The molecule has 0 amide bonds. The van der Waals surface area contributed by atoms with Gasteiger partial charge < -0.3 is 5.11 Å². The molecule has 0 aliphatic heterocycles. The summed E-state index contributed by atoms with van der Waals surface area (Å²) in [6, 6.07) is 7.47. The van der Waals surface area contributed by atoms with Gasteiger partial charge in [-0.25, -0.2) is 4.79 Å². The summed E-state index contributed by atoms with van der Waals surface area (Å²) < 4.78 is 0. The van der Waals surface area contributed by atoms with Gasteiger partial charge in [0.05, 0.1) is 5.56 Å². The smallest absolute Gasteiger partial charge is 0.335 e. The van der Waals surface area contributed by atoms with Crippen molar-refractivity contribution in [1.82, 2.24) is 0 Å². The van der Waals surface area contributed by atoms with E-state index < -0.39 is 5.97 Å². The minimum atomic E-state index is -0.793. The van der Waals surface area contributed by atoms with Crippen LogP contribution in [0.25, 0.3) is 0 Å². The largest absolute Gasteiger partial charge is 0.478 e. The lowest BCUT2D eigenvalue weighted by Gasteiger charge is -2.28. The van der Waals surface area contributed by atoms with Crippen molar-refractivity contribution in [3.63, 3.8) is 0 Å². The lowest BCUT2D eigenvalue weighted by Crippen LogP contribution is -2.15. The monoisotopic (exact) mass is 232 g/mol. The fourth-order valence-corrected chi connectivity index (χ4v) is 2.93. The summed E-state index contributed by atoms with van der Waals surface area (Å²) in [7, 11) is 0. The lowest BCUT2D eigenvalue weighted by atomic mass is 9.77. The van der Waals surface area contributed by atoms with Gasteiger partial charge in [0.25, 0.3) is 0 Å². The van der Waals surface area contributed by atoms with E-state index in [2.05, 4.69) is 6.92 Å². The maximum absolute atomic E-state index is 11.2. The van der Waals surface area contributed by atoms with Crippen LogP contribution in [0, 0.1) is 5.92 Å². The summed E-state index contributed by atoms with van der Waals surface area (Å²) in [5.74, 6) is 0.506. The number of aromatic carboxylic acids is 1. The Morgan fingerprint density at radius 1 is 1.24 bits per heavy atom. The standard InChI is InChI=1S/C15H20O2/c1-2-11-7-9-12(10-8-11)13-5-3-4-6-14(13)15(16)17/h3-6,11-12H,2,7-10H2,1H3,(H,16,17)/t11-,12-. The Labute approximate surface area is 103 Å². The molecule has 1 aromatic carbocycles. The molecule has 1 aromatic rings. The lowest BCUT2D eigenvalue weighted by molar-refractivity contribution is 0.0694. The van der Waals surface area contributed by atoms with Crippen molar-refractivity contribution >= 4 is 5.97 Å². The van der Waals surface area contributed by atoms with Crippen molar-refractivity contribution in [2.24, 2.45) is 5.92 Å². The van der Waals surface area contributed by atoms with Crippen molar-refractivity contribution in [3.8, 4) is 0 Å². The van der Waals surface area contributed by atoms with Crippen molar-refractivity contribution < 1.29 is 9.90 Å². The Morgan fingerprint density at radius 2 is 1.88 bits per heavy atom. The number of hydrogen-bond acceptors (Lipinski definition) is 1. The van der Waals surface area contributed by atoms with Crippen molar-refractivity contribution in [1.29, 1.82) is 0 Å². The fourth-order valence-electron chi connectivity index (χ4n) is 2.93. The predicted octanol–water partition coefficient (Wildman–Crippen LogP) is 4.07. The third-order valence-corrected chi connectivity index (χ3v) is 4.06. The van der Waals surface area contributed by atoms with E-state index in [4.69, 9.17) is 0 Å². The minimum Gasteiger partial charge on any atom is -0.478 e. The highest BCUT2D eigenvalue weighted by molar-refractivity contribution is 5.89. The van der Waals surface area contributed by atoms with Gasteiger partial charge >= 0.3 is 5.97 Å². The van der Waals surface area contributed by atoms with Crippen LogP contribution >= 0.6 is 0 Å². The molecular formula is C15H20O2. The molecule has 0 heterocycles. The van der Waals surface area contributed by atoms with Crippen molar-refractivity contribution in [2.75, 3.05) is 0 Å². The average molecular weight is 232 g/mol. The average Bonchev–Trinajstić information content (AvgIpc) is 2.39. The van der Waals surface area contributed by atoms with Gasteiger partial charge in [-0.15, -0.1) is 0 Å². The van der Waals surface area contributed by atoms with E-state index in [1.807, 2.05) is 18.2 Å². The van der Waals surface area contributed by atoms with Crippen LogP contribution in [-0.4, -0.2) is 11.1 Å². The maximum Gasteiger partial charge on any atom is 0.335 e. The normalized spacial score (nSPS) is 24.5. The van der Waals surface area contributed by atoms with E-state index in [1.165, 1.54) is 19.3 Å². The summed E-state index contributed by atoms with van der Waals surface area (Å²) in [5, 5.41) is 9.19. The number of rotatable bonds is 3. The quantitative estimate of drug-likeness (QED) is 0.853. The molecule has 1 N–H and O–H groups in total. The number of carbonyl (C=O) groups is 1. The van der Waals surface area contributed by atoms with Crippen LogP contribution in [0.3, 0.4) is 0 Å². The second kappa shape index (κ2) is 5.35.